The Morgan fingerprint density at radius 1 is 1.23 bits per heavy atom. The molecule has 5 heteroatoms. The third-order valence-corrected chi connectivity index (χ3v) is 5.61. The number of hydrogen-bond donors (Lipinski definition) is 1. The molecule has 0 radical (unpaired) electrons. The van der Waals surface area contributed by atoms with Gasteiger partial charge < -0.3 is 10.1 Å². The molecule has 0 aliphatic carbocycles. The molecule has 1 N–H and O–H groups in total. The van der Waals surface area contributed by atoms with Crippen molar-refractivity contribution in [1.82, 2.24) is 4.98 Å². The fourth-order valence-corrected chi connectivity index (χ4v) is 3.92. The maximum Gasteiger partial charge on any atom is 0.136 e. The summed E-state index contributed by atoms with van der Waals surface area (Å²) in [5.74, 6) is 1.46. The predicted octanol–water partition coefficient (Wildman–Crippen LogP) is 7.16. The quantitative estimate of drug-likeness (QED) is 0.273. The molecule has 0 saturated heterocycles. The number of anilines is 1. The van der Waals surface area contributed by atoms with Crippen LogP contribution in [0.5, 0.6) is 5.75 Å². The minimum absolute atomic E-state index is 0.505. The molecule has 0 bridgehead atoms. The largest absolute Gasteiger partial charge is 0.494 e. The summed E-state index contributed by atoms with van der Waals surface area (Å²) in [7, 11) is 0. The average molecular weight is 432 g/mol. The Labute approximate surface area is 189 Å². The van der Waals surface area contributed by atoms with E-state index in [-0.39, 0.29) is 0 Å². The Bertz CT molecular complexity index is 1050. The van der Waals surface area contributed by atoms with Crippen molar-refractivity contribution in [3.8, 4) is 23.1 Å². The summed E-state index contributed by atoms with van der Waals surface area (Å²) in [6.45, 7) is 7.29. The molecule has 31 heavy (non-hydrogen) atoms. The first-order valence-corrected chi connectivity index (χ1v) is 11.6. The molecule has 0 amide bonds. The number of rotatable bonds is 10. The minimum Gasteiger partial charge on any atom is -0.494 e. The first-order chi connectivity index (χ1) is 15.1. The van der Waals surface area contributed by atoms with Gasteiger partial charge in [0.1, 0.15) is 22.4 Å². The summed E-state index contributed by atoms with van der Waals surface area (Å²) >= 11 is 1.48. The Hall–Kier alpha value is -3.10. The van der Waals surface area contributed by atoms with Crippen molar-refractivity contribution in [2.45, 2.75) is 40.0 Å². The number of hydrogen-bond acceptors (Lipinski definition) is 5. The van der Waals surface area contributed by atoms with E-state index in [0.29, 0.717) is 23.1 Å². The lowest BCUT2D eigenvalue weighted by Gasteiger charge is -2.07. The van der Waals surface area contributed by atoms with Gasteiger partial charge in [0.15, 0.2) is 0 Å². The van der Waals surface area contributed by atoms with Gasteiger partial charge in [0.25, 0.3) is 0 Å². The van der Waals surface area contributed by atoms with Crippen molar-refractivity contribution >= 4 is 22.6 Å². The number of nitrogens with one attached hydrogen (secondary N) is 1. The van der Waals surface area contributed by atoms with Gasteiger partial charge in [-0.1, -0.05) is 57.5 Å². The molecule has 0 saturated carbocycles. The summed E-state index contributed by atoms with van der Waals surface area (Å²) in [5, 5.41) is 15.5. The highest BCUT2D eigenvalue weighted by atomic mass is 32.1. The number of aromatic nitrogens is 1. The molecule has 3 aromatic rings. The molecule has 0 fully saturated rings. The molecule has 4 nitrogen and oxygen atoms in total. The van der Waals surface area contributed by atoms with Crippen LogP contribution < -0.4 is 10.1 Å². The lowest BCUT2D eigenvalue weighted by molar-refractivity contribution is 0.309. The smallest absolute Gasteiger partial charge is 0.136 e. The van der Waals surface area contributed by atoms with Crippen LogP contribution in [-0.2, 0) is 6.42 Å². The van der Waals surface area contributed by atoms with Crippen LogP contribution in [0, 0.1) is 17.2 Å². The van der Waals surface area contributed by atoms with Gasteiger partial charge in [-0.25, -0.2) is 4.98 Å². The SMILES string of the molecule is CCCCOc1cccc(N/C=C(/C#N)c2nc(-c3ccc(CC(C)C)cc3)cs2)c1. The second kappa shape index (κ2) is 11.3. The van der Waals surface area contributed by atoms with Gasteiger partial charge in [-0.15, -0.1) is 11.3 Å². The second-order valence-electron chi connectivity index (χ2n) is 7.88. The molecule has 0 aliphatic rings. The van der Waals surface area contributed by atoms with E-state index in [1.165, 1.54) is 16.9 Å². The van der Waals surface area contributed by atoms with Crippen molar-refractivity contribution in [3.05, 3.63) is 70.7 Å². The van der Waals surface area contributed by atoms with Crippen LogP contribution in [0.2, 0.25) is 0 Å². The zero-order chi connectivity index (χ0) is 22.1. The van der Waals surface area contributed by atoms with E-state index in [1.807, 2.05) is 29.6 Å². The normalized spacial score (nSPS) is 11.4. The van der Waals surface area contributed by atoms with Crippen molar-refractivity contribution in [3.63, 3.8) is 0 Å². The van der Waals surface area contributed by atoms with Crippen LogP contribution in [0.25, 0.3) is 16.8 Å². The van der Waals surface area contributed by atoms with E-state index < -0.39 is 0 Å². The molecule has 1 heterocycles. The van der Waals surface area contributed by atoms with E-state index in [0.717, 1.165) is 42.0 Å². The molecule has 1 aromatic heterocycles. The summed E-state index contributed by atoms with van der Waals surface area (Å²) < 4.78 is 5.75. The van der Waals surface area contributed by atoms with Gasteiger partial charge >= 0.3 is 0 Å². The van der Waals surface area contributed by atoms with Gasteiger partial charge in [0.05, 0.1) is 12.3 Å². The number of nitriles is 1. The summed E-state index contributed by atoms with van der Waals surface area (Å²) in [5.41, 5.74) is 4.67. The van der Waals surface area contributed by atoms with Crippen molar-refractivity contribution in [1.29, 1.82) is 5.26 Å². The Morgan fingerprint density at radius 3 is 2.74 bits per heavy atom. The number of ether oxygens (including phenoxy) is 1. The number of allylic oxidation sites excluding steroid dienone is 1. The monoisotopic (exact) mass is 431 g/mol. The van der Waals surface area contributed by atoms with E-state index in [1.54, 1.807) is 6.20 Å². The van der Waals surface area contributed by atoms with Crippen LogP contribution in [0.15, 0.2) is 60.1 Å². The van der Waals surface area contributed by atoms with E-state index >= 15 is 0 Å². The highest BCUT2D eigenvalue weighted by molar-refractivity contribution is 7.11. The summed E-state index contributed by atoms with van der Waals surface area (Å²) in [4.78, 5) is 4.69. The summed E-state index contributed by atoms with van der Waals surface area (Å²) in [6.07, 6.45) is 4.91. The van der Waals surface area contributed by atoms with Crippen molar-refractivity contribution < 1.29 is 4.74 Å². The summed E-state index contributed by atoms with van der Waals surface area (Å²) in [6, 6.07) is 18.6. The molecular formula is C26H29N3OS. The van der Waals surface area contributed by atoms with E-state index in [2.05, 4.69) is 61.4 Å². The van der Waals surface area contributed by atoms with Crippen LogP contribution in [-0.4, -0.2) is 11.6 Å². The fraction of sp³-hybridized carbons (Fsp3) is 0.308. The van der Waals surface area contributed by atoms with Crippen molar-refractivity contribution in [2.75, 3.05) is 11.9 Å². The van der Waals surface area contributed by atoms with Crippen molar-refractivity contribution in [2.24, 2.45) is 5.92 Å². The third-order valence-electron chi connectivity index (χ3n) is 4.73. The average Bonchev–Trinajstić information content (AvgIpc) is 3.25. The van der Waals surface area contributed by atoms with Crippen LogP contribution in [0.3, 0.4) is 0 Å². The molecule has 3 rings (SSSR count). The highest BCUT2D eigenvalue weighted by Gasteiger charge is 2.09. The maximum absolute atomic E-state index is 9.64. The van der Waals surface area contributed by atoms with Crippen LogP contribution in [0.4, 0.5) is 5.69 Å². The zero-order valence-electron chi connectivity index (χ0n) is 18.4. The topological polar surface area (TPSA) is 57.9 Å². The molecule has 0 aliphatic heterocycles. The first-order valence-electron chi connectivity index (χ1n) is 10.7. The molecular weight excluding hydrogens is 402 g/mol. The van der Waals surface area contributed by atoms with E-state index in [4.69, 9.17) is 4.74 Å². The Morgan fingerprint density at radius 2 is 2.03 bits per heavy atom. The van der Waals surface area contributed by atoms with E-state index in [9.17, 15) is 5.26 Å². The third kappa shape index (κ3) is 6.70. The predicted molar refractivity (Wildman–Crippen MR) is 130 cm³/mol. The van der Waals surface area contributed by atoms with Crippen LogP contribution >= 0.6 is 11.3 Å². The molecule has 2 aromatic carbocycles. The van der Waals surface area contributed by atoms with Gasteiger partial charge in [-0.2, -0.15) is 5.26 Å². The van der Waals surface area contributed by atoms with Gasteiger partial charge in [-0.3, -0.25) is 0 Å². The molecule has 0 unspecified atom stereocenters. The molecule has 0 spiro atoms. The van der Waals surface area contributed by atoms with Gasteiger partial charge in [0.2, 0.25) is 0 Å². The lowest BCUT2D eigenvalue weighted by atomic mass is 10.0. The lowest BCUT2D eigenvalue weighted by Crippen LogP contribution is -1.97. The fourth-order valence-electron chi connectivity index (χ4n) is 3.12. The zero-order valence-corrected chi connectivity index (χ0v) is 19.2. The maximum atomic E-state index is 9.64. The van der Waals surface area contributed by atoms with Gasteiger partial charge in [0, 0.05) is 28.9 Å². The first kappa shape index (κ1) is 22.6. The second-order valence-corrected chi connectivity index (χ2v) is 8.73. The van der Waals surface area contributed by atoms with Gasteiger partial charge in [-0.05, 0) is 36.5 Å². The molecule has 0 atom stereocenters. The van der Waals surface area contributed by atoms with Crippen LogP contribution in [0.1, 0.15) is 44.2 Å². The molecule has 160 valence electrons. The minimum atomic E-state index is 0.505. The highest BCUT2D eigenvalue weighted by Crippen LogP contribution is 2.27. The Kier molecular flexibility index (Phi) is 8.26. The number of benzene rings is 2. The number of unbranched alkanes of at least 4 members (excludes halogenated alkanes) is 1. The number of nitrogens with zero attached hydrogens (tertiary/aromatic N) is 2. The number of thiazole rings is 1. The Balaban J connectivity index is 1.69. The standard InChI is InChI=1S/C26H29N3OS/c1-4-5-13-30-24-8-6-7-23(15-24)28-17-22(16-27)26-29-25(18-31-26)21-11-9-20(10-12-21)14-19(2)3/h6-12,15,17-19,28H,4-5,13-14H2,1-3H3/b22-17-.